The lowest BCUT2D eigenvalue weighted by Gasteiger charge is -2.33. The van der Waals surface area contributed by atoms with Crippen molar-refractivity contribution in [1.29, 1.82) is 0 Å². The molecular weight excluding hydrogens is 384 g/mol. The summed E-state index contributed by atoms with van der Waals surface area (Å²) >= 11 is 0. The number of benzene rings is 1. The van der Waals surface area contributed by atoms with Crippen LogP contribution in [0, 0.1) is 13.8 Å². The number of nitrogens with zero attached hydrogens (tertiary/aromatic N) is 2. The minimum Gasteiger partial charge on any atom is -0.493 e. The third-order valence-corrected chi connectivity index (χ3v) is 5.41. The molecule has 0 saturated carbocycles. The standard InChI is InChI=1S/C23H30N2O5/c1-6-28-21-17(5)22-19(16(4)14-30-22)13-18(21)15(3)12-20(26)24-8-10-25(11-9-24)23(27)29-7-2/h12-14H,6-11H2,1-5H3/b15-12+. The highest BCUT2D eigenvalue weighted by molar-refractivity contribution is 5.98. The van der Waals surface area contributed by atoms with Crippen LogP contribution in [-0.4, -0.2) is 61.2 Å². The molecule has 2 amide bonds. The molecule has 7 nitrogen and oxygen atoms in total. The number of hydrogen-bond acceptors (Lipinski definition) is 5. The average molecular weight is 415 g/mol. The smallest absolute Gasteiger partial charge is 0.409 e. The minimum atomic E-state index is -0.322. The Kier molecular flexibility index (Phi) is 6.70. The van der Waals surface area contributed by atoms with Crippen LogP contribution >= 0.6 is 0 Å². The molecule has 3 rings (SSSR count). The monoisotopic (exact) mass is 414 g/mol. The maximum atomic E-state index is 12.9. The number of rotatable bonds is 5. The second-order valence-electron chi connectivity index (χ2n) is 7.45. The Bertz CT molecular complexity index is 968. The number of ether oxygens (including phenoxy) is 2. The SMILES string of the molecule is CCOC(=O)N1CCN(C(=O)/C=C(\C)c2cc3c(C)coc3c(C)c2OCC)CC1. The van der Waals surface area contributed by atoms with Crippen LogP contribution in [0.5, 0.6) is 5.75 Å². The van der Waals surface area contributed by atoms with E-state index in [2.05, 4.69) is 0 Å². The minimum absolute atomic E-state index is 0.0693. The second kappa shape index (κ2) is 9.24. The Hall–Kier alpha value is -2.96. The van der Waals surface area contributed by atoms with Crippen molar-refractivity contribution in [3.05, 3.63) is 35.1 Å². The summed E-state index contributed by atoms with van der Waals surface area (Å²) in [6, 6.07) is 2.03. The van der Waals surface area contributed by atoms with Crippen molar-refractivity contribution < 1.29 is 23.5 Å². The van der Waals surface area contributed by atoms with Gasteiger partial charge in [0, 0.05) is 48.8 Å². The van der Waals surface area contributed by atoms with E-state index in [4.69, 9.17) is 13.9 Å². The lowest BCUT2D eigenvalue weighted by molar-refractivity contribution is -0.127. The number of amides is 2. The summed E-state index contributed by atoms with van der Waals surface area (Å²) in [6.45, 7) is 12.4. The molecule has 0 unspecified atom stereocenters. The number of allylic oxidation sites excluding steroid dienone is 1. The van der Waals surface area contributed by atoms with Crippen LogP contribution in [0.4, 0.5) is 4.79 Å². The van der Waals surface area contributed by atoms with E-state index in [9.17, 15) is 9.59 Å². The molecule has 0 bridgehead atoms. The van der Waals surface area contributed by atoms with Crippen LogP contribution in [0.1, 0.15) is 37.5 Å². The molecule has 1 fully saturated rings. The highest BCUT2D eigenvalue weighted by Gasteiger charge is 2.24. The summed E-state index contributed by atoms with van der Waals surface area (Å²) in [7, 11) is 0. The molecule has 1 saturated heterocycles. The fourth-order valence-corrected chi connectivity index (χ4v) is 3.74. The molecule has 0 radical (unpaired) electrons. The number of fused-ring (bicyclic) bond motifs is 1. The molecular formula is C23H30N2O5. The van der Waals surface area contributed by atoms with E-state index in [-0.39, 0.29) is 12.0 Å². The predicted molar refractivity (Wildman–Crippen MR) is 116 cm³/mol. The van der Waals surface area contributed by atoms with Gasteiger partial charge in [0.2, 0.25) is 5.91 Å². The highest BCUT2D eigenvalue weighted by atomic mass is 16.6. The third kappa shape index (κ3) is 4.30. The maximum absolute atomic E-state index is 12.9. The van der Waals surface area contributed by atoms with E-state index in [0.717, 1.165) is 39.0 Å². The van der Waals surface area contributed by atoms with E-state index in [1.807, 2.05) is 33.8 Å². The normalized spacial score (nSPS) is 14.9. The largest absolute Gasteiger partial charge is 0.493 e. The van der Waals surface area contributed by atoms with Gasteiger partial charge in [-0.2, -0.15) is 0 Å². The summed E-state index contributed by atoms with van der Waals surface area (Å²) in [4.78, 5) is 28.1. The van der Waals surface area contributed by atoms with E-state index in [1.54, 1.807) is 29.1 Å². The summed E-state index contributed by atoms with van der Waals surface area (Å²) in [6.07, 6.45) is 3.07. The third-order valence-electron chi connectivity index (χ3n) is 5.41. The molecule has 1 aromatic heterocycles. The van der Waals surface area contributed by atoms with Crippen molar-refractivity contribution in [3.8, 4) is 5.75 Å². The number of carbonyl (C=O) groups excluding carboxylic acids is 2. The first kappa shape index (κ1) is 21.7. The first-order valence-electron chi connectivity index (χ1n) is 10.4. The summed E-state index contributed by atoms with van der Waals surface area (Å²) < 4.78 is 16.7. The van der Waals surface area contributed by atoms with Crippen molar-refractivity contribution in [1.82, 2.24) is 9.80 Å². The topological polar surface area (TPSA) is 72.2 Å². The van der Waals surface area contributed by atoms with Crippen molar-refractivity contribution in [2.24, 2.45) is 0 Å². The van der Waals surface area contributed by atoms with Crippen LogP contribution in [0.2, 0.25) is 0 Å². The van der Waals surface area contributed by atoms with Gasteiger partial charge in [-0.15, -0.1) is 0 Å². The van der Waals surface area contributed by atoms with Gasteiger partial charge in [-0.05, 0) is 51.8 Å². The van der Waals surface area contributed by atoms with Crippen LogP contribution in [0.3, 0.4) is 0 Å². The van der Waals surface area contributed by atoms with Crippen LogP contribution in [0.15, 0.2) is 22.8 Å². The highest BCUT2D eigenvalue weighted by Crippen LogP contribution is 2.37. The first-order chi connectivity index (χ1) is 14.4. The zero-order valence-electron chi connectivity index (χ0n) is 18.4. The van der Waals surface area contributed by atoms with Crippen LogP contribution < -0.4 is 4.74 Å². The fraction of sp³-hybridized carbons (Fsp3) is 0.478. The maximum Gasteiger partial charge on any atom is 0.409 e. The average Bonchev–Trinajstić information content (AvgIpc) is 3.11. The second-order valence-corrected chi connectivity index (χ2v) is 7.45. The lowest BCUT2D eigenvalue weighted by Crippen LogP contribution is -2.50. The zero-order valence-corrected chi connectivity index (χ0v) is 18.4. The Balaban J connectivity index is 1.82. The Labute approximate surface area is 177 Å². The number of furan rings is 1. The summed E-state index contributed by atoms with van der Waals surface area (Å²) in [5.74, 6) is 0.674. The molecule has 1 aromatic carbocycles. The Morgan fingerprint density at radius 2 is 1.77 bits per heavy atom. The Morgan fingerprint density at radius 3 is 2.40 bits per heavy atom. The van der Waals surface area contributed by atoms with Crippen molar-refractivity contribution in [2.45, 2.75) is 34.6 Å². The molecule has 7 heteroatoms. The molecule has 1 aliphatic heterocycles. The molecule has 2 heterocycles. The van der Waals surface area contributed by atoms with Gasteiger partial charge in [0.25, 0.3) is 0 Å². The summed E-state index contributed by atoms with van der Waals surface area (Å²) in [5, 5.41) is 1.02. The van der Waals surface area contributed by atoms with Crippen LogP contribution in [-0.2, 0) is 9.53 Å². The zero-order chi connectivity index (χ0) is 21.8. The van der Waals surface area contributed by atoms with Gasteiger partial charge in [0.05, 0.1) is 19.5 Å². The fourth-order valence-electron chi connectivity index (χ4n) is 3.74. The van der Waals surface area contributed by atoms with Gasteiger partial charge in [-0.3, -0.25) is 4.79 Å². The number of aryl methyl sites for hydroxylation is 2. The van der Waals surface area contributed by atoms with Gasteiger partial charge < -0.3 is 23.7 Å². The summed E-state index contributed by atoms with van der Waals surface area (Å²) in [5.41, 5.74) is 4.52. The van der Waals surface area contributed by atoms with E-state index >= 15 is 0 Å². The number of piperazine rings is 1. The first-order valence-corrected chi connectivity index (χ1v) is 10.4. The van der Waals surface area contributed by atoms with E-state index in [0.29, 0.717) is 39.4 Å². The molecule has 0 aliphatic carbocycles. The molecule has 30 heavy (non-hydrogen) atoms. The van der Waals surface area contributed by atoms with E-state index < -0.39 is 0 Å². The number of carbonyl (C=O) groups is 2. The Morgan fingerprint density at radius 1 is 1.10 bits per heavy atom. The van der Waals surface area contributed by atoms with Crippen LogP contribution in [0.25, 0.3) is 16.5 Å². The number of hydrogen-bond donors (Lipinski definition) is 0. The predicted octanol–water partition coefficient (Wildman–Crippen LogP) is 4.15. The molecule has 0 spiro atoms. The molecule has 162 valence electrons. The van der Waals surface area contributed by atoms with Gasteiger partial charge in [-0.25, -0.2) is 4.79 Å². The molecule has 1 aliphatic rings. The van der Waals surface area contributed by atoms with Crippen molar-refractivity contribution in [3.63, 3.8) is 0 Å². The van der Waals surface area contributed by atoms with E-state index in [1.165, 1.54) is 0 Å². The molecule has 0 atom stereocenters. The quantitative estimate of drug-likeness (QED) is 0.687. The van der Waals surface area contributed by atoms with Crippen molar-refractivity contribution >= 4 is 28.5 Å². The van der Waals surface area contributed by atoms with Gasteiger partial charge in [-0.1, -0.05) is 0 Å². The van der Waals surface area contributed by atoms with Crippen molar-refractivity contribution in [2.75, 3.05) is 39.4 Å². The lowest BCUT2D eigenvalue weighted by atomic mass is 9.98. The van der Waals surface area contributed by atoms with Gasteiger partial charge in [0.1, 0.15) is 11.3 Å². The van der Waals surface area contributed by atoms with Gasteiger partial charge >= 0.3 is 6.09 Å². The molecule has 2 aromatic rings. The van der Waals surface area contributed by atoms with Gasteiger partial charge in [0.15, 0.2) is 0 Å². The molecule has 0 N–H and O–H groups in total.